The van der Waals surface area contributed by atoms with Crippen LogP contribution in [0.1, 0.15) is 41.4 Å². The number of carbonyl (C=O) groups is 8. The number of benzene rings is 6. The van der Waals surface area contributed by atoms with E-state index in [2.05, 4.69) is 111 Å². The standard InChI is InChI=1S/2C12H8N2.4C10H10N2O3S.2CH4O.2NO3.2Pr/c2*1-3-9-5-6-10-4-2-8-14-12(10)11(9)13-7-1;4*13-8(14)6-11-10(16)12-9(15)7-4-2-1-3-5-7;2*1-2;2*2-1(3)4;;/h2*1-8H;4*1-5H,6H2,(H,13,14)(H2,11,12,15,16);2*2H,1H3;;;;/q;;;;;;;;2*-1;2*+3/p-4. The second kappa shape index (κ2) is 57.7. The molecule has 40 heteroatoms. The summed E-state index contributed by atoms with van der Waals surface area (Å²) < 4.78 is 0. The van der Waals surface area contributed by atoms with Crippen molar-refractivity contribution >= 4 is 160 Å². The van der Waals surface area contributed by atoms with Crippen molar-refractivity contribution in [3.05, 3.63) is 272 Å². The molecule has 0 spiro atoms. The fraction of sp³-hybridized carbons (Fsp3) is 0.0909. The first-order valence-corrected chi connectivity index (χ1v) is 30.4. The van der Waals surface area contributed by atoms with Gasteiger partial charge in [0, 0.05) is 82.8 Å². The van der Waals surface area contributed by atoms with Crippen molar-refractivity contribution < 1.29 is 162 Å². The summed E-state index contributed by atoms with van der Waals surface area (Å²) in [7, 11) is 2.00. The van der Waals surface area contributed by atoms with E-state index in [0.29, 0.717) is 22.3 Å². The summed E-state index contributed by atoms with van der Waals surface area (Å²) in [5, 5.41) is 107. The van der Waals surface area contributed by atoms with Crippen molar-refractivity contribution in [3.8, 4) is 0 Å². The fourth-order valence-electron chi connectivity index (χ4n) is 7.21. The van der Waals surface area contributed by atoms with E-state index in [1.165, 1.54) is 0 Å². The van der Waals surface area contributed by atoms with Gasteiger partial charge in [0.05, 0.1) is 82.3 Å². The molecule has 10 aromatic rings. The number of carboxylic acids is 4. The molecule has 0 saturated heterocycles. The molecule has 0 aliphatic rings. The molecule has 4 aromatic heterocycles. The van der Waals surface area contributed by atoms with Crippen LogP contribution in [0.25, 0.3) is 43.6 Å². The number of aromatic nitrogens is 4. The molecule has 0 aliphatic heterocycles. The Bertz CT molecular complexity index is 3930. The number of thiocarbonyl (C=S) groups is 4. The molecule has 544 valence electrons. The largest absolute Gasteiger partial charge is 3.00 e. The van der Waals surface area contributed by atoms with E-state index in [4.69, 9.17) is 89.7 Å². The molecule has 10 N–H and O–H groups in total. The van der Waals surface area contributed by atoms with Crippen molar-refractivity contribution in [1.29, 1.82) is 0 Å². The Morgan fingerprint density at radius 1 is 0.311 bits per heavy atom. The molecule has 4 heterocycles. The first-order chi connectivity index (χ1) is 49.7. The van der Waals surface area contributed by atoms with Crippen LogP contribution in [0.3, 0.4) is 0 Å². The summed E-state index contributed by atoms with van der Waals surface area (Å²) in [5.41, 5.74) is 5.69. The third kappa shape index (κ3) is 43.4. The van der Waals surface area contributed by atoms with E-state index < -0.39 is 83.9 Å². The van der Waals surface area contributed by atoms with Crippen LogP contribution in [0.15, 0.2) is 219 Å². The van der Waals surface area contributed by atoms with Crippen LogP contribution in [0, 0.1) is 113 Å². The third-order valence-corrected chi connectivity index (χ3v) is 12.3. The number of nitrogens with one attached hydrogen (secondary N) is 8. The maximum atomic E-state index is 11.5. The molecular weight excluding hydrogens is 1720 g/mol. The number of carbonyl (C=O) groups excluding carboxylic acids is 8. The van der Waals surface area contributed by atoms with Gasteiger partial charge in [0.1, 0.15) is 0 Å². The molecule has 6 aromatic carbocycles. The summed E-state index contributed by atoms with van der Waals surface area (Å²) in [6.07, 6.45) is 7.21. The Hall–Kier alpha value is -10.7. The minimum atomic E-state index is -1.75. The molecule has 0 aliphatic carbocycles. The molecule has 0 atom stereocenters. The van der Waals surface area contributed by atoms with Crippen LogP contribution >= 0.6 is 48.9 Å². The van der Waals surface area contributed by atoms with E-state index in [9.17, 15) is 58.8 Å². The number of carboxylic acid groups (broad SMARTS) is 4. The number of rotatable bonds is 12. The van der Waals surface area contributed by atoms with Crippen molar-refractivity contribution in [2.24, 2.45) is 0 Å². The van der Waals surface area contributed by atoms with E-state index in [1.54, 1.807) is 146 Å². The number of aliphatic hydroxyl groups excluding tert-OH is 2. The van der Waals surface area contributed by atoms with Gasteiger partial charge in [-0.3, -0.25) is 60.4 Å². The third-order valence-electron chi connectivity index (χ3n) is 11.3. The summed E-state index contributed by atoms with van der Waals surface area (Å²) in [4.78, 5) is 120. The molecule has 0 fully saturated rings. The monoisotopic (exact) mass is 1780 g/mol. The van der Waals surface area contributed by atoms with Crippen molar-refractivity contribution in [3.63, 3.8) is 0 Å². The van der Waals surface area contributed by atoms with E-state index in [-0.39, 0.29) is 103 Å². The number of aliphatic hydroxyl groups is 2. The van der Waals surface area contributed by atoms with E-state index >= 15 is 0 Å². The predicted octanol–water partition coefficient (Wildman–Crippen LogP) is 0.468. The van der Waals surface area contributed by atoms with Gasteiger partial charge in [-0.05, 0) is 122 Å². The van der Waals surface area contributed by atoms with E-state index in [0.717, 1.165) is 57.8 Å². The van der Waals surface area contributed by atoms with Crippen molar-refractivity contribution in [2.75, 3.05) is 40.4 Å². The summed E-state index contributed by atoms with van der Waals surface area (Å²) >= 11 is 18.9. The quantitative estimate of drug-likeness (QED) is 0.0344. The minimum absolute atomic E-state index is 0. The molecule has 0 bridgehead atoms. The van der Waals surface area contributed by atoms with E-state index in [1.807, 2.05) is 24.3 Å². The van der Waals surface area contributed by atoms with Gasteiger partial charge in [0.15, 0.2) is 20.4 Å². The zero-order valence-corrected chi connectivity index (χ0v) is 66.0. The minimum Gasteiger partial charge on any atom is -0.548 e. The predicted molar refractivity (Wildman–Crippen MR) is 389 cm³/mol. The Morgan fingerprint density at radius 3 is 0.623 bits per heavy atom. The average Bonchev–Trinajstić information content (AvgIpc) is 0.806. The zero-order chi connectivity index (χ0) is 77.8. The first kappa shape index (κ1) is 97.4. The molecule has 0 saturated carbocycles. The van der Waals surface area contributed by atoms with Crippen molar-refractivity contribution in [2.45, 2.75) is 0 Å². The number of hydrogen-bond donors (Lipinski definition) is 10. The van der Waals surface area contributed by atoms with Crippen LogP contribution < -0.4 is 63.0 Å². The Balaban J connectivity index is 0. The second-order valence-electron chi connectivity index (χ2n) is 18.4. The number of nitrogens with zero attached hydrogens (tertiary/aromatic N) is 6. The number of hydrogen-bond acceptors (Lipinski definition) is 28. The summed E-state index contributed by atoms with van der Waals surface area (Å²) in [5.74, 6) is -6.75. The zero-order valence-electron chi connectivity index (χ0n) is 55.3. The topological polar surface area (TPSA) is 549 Å². The first-order valence-electron chi connectivity index (χ1n) is 28.8. The van der Waals surface area contributed by atoms with Crippen LogP contribution in [0.4, 0.5) is 0 Å². The van der Waals surface area contributed by atoms with Crippen LogP contribution in [-0.2, 0) is 19.2 Å². The van der Waals surface area contributed by atoms with Gasteiger partial charge in [-0.15, -0.1) is 0 Å². The molecular formula is C66H60N14O20Pr2S4. The Kier molecular flexibility index (Phi) is 53.0. The summed E-state index contributed by atoms with van der Waals surface area (Å²) in [6, 6.07) is 58.1. The normalized spacial score (nSPS) is 9.02. The number of fused-ring (bicyclic) bond motifs is 6. The molecule has 10 rings (SSSR count). The second-order valence-corrected chi connectivity index (χ2v) is 20.0. The number of aliphatic carboxylic acids is 4. The fourth-order valence-corrected chi connectivity index (χ4v) is 7.86. The molecule has 0 radical (unpaired) electrons. The Morgan fingerprint density at radius 2 is 0.472 bits per heavy atom. The number of pyridine rings is 4. The van der Waals surface area contributed by atoms with Gasteiger partial charge < -0.3 is 102 Å². The molecule has 34 nitrogen and oxygen atoms in total. The molecule has 4 amide bonds. The van der Waals surface area contributed by atoms with Crippen LogP contribution in [0.5, 0.6) is 0 Å². The van der Waals surface area contributed by atoms with Crippen LogP contribution in [0.2, 0.25) is 0 Å². The van der Waals surface area contributed by atoms with Crippen molar-refractivity contribution in [1.82, 2.24) is 62.5 Å². The van der Waals surface area contributed by atoms with Gasteiger partial charge in [-0.1, -0.05) is 121 Å². The average molecular weight is 1780 g/mol. The number of amides is 4. The smallest absolute Gasteiger partial charge is 0.548 e. The van der Waals surface area contributed by atoms with Gasteiger partial charge in [-0.2, -0.15) is 0 Å². The molecule has 106 heavy (non-hydrogen) atoms. The maximum Gasteiger partial charge on any atom is 3.00 e. The molecule has 0 unspecified atom stereocenters. The SMILES string of the molecule is CO.CO.O=C([O-])CNC(=S)NC(=O)c1ccccc1.O=C([O-])CNC(=S)NC(=O)c1ccccc1.O=C([O-])CNC(=S)NC(=O)c1ccccc1.O=C([O-])CNC(=S)NC(=O)c1ccccc1.O=[N+]([O-])[O-].O=[N+]([O-])[O-].[Pr+3].[Pr+3].c1cnc2c(c1)ccc1cccnc12.c1cnc2c(c1)ccc1cccnc12. The van der Waals surface area contributed by atoms with Gasteiger partial charge in [-0.25, -0.2) is 0 Å². The Labute approximate surface area is 690 Å². The van der Waals surface area contributed by atoms with Gasteiger partial charge >= 0.3 is 82.6 Å². The van der Waals surface area contributed by atoms with Gasteiger partial charge in [0.25, 0.3) is 23.6 Å². The van der Waals surface area contributed by atoms with Crippen LogP contribution in [-0.4, -0.2) is 149 Å². The van der Waals surface area contributed by atoms with Gasteiger partial charge in [0.2, 0.25) is 0 Å². The summed E-state index contributed by atoms with van der Waals surface area (Å²) in [6.45, 7) is -1.75. The maximum absolute atomic E-state index is 11.5.